The van der Waals surface area contributed by atoms with Crippen molar-refractivity contribution in [1.29, 1.82) is 0 Å². The van der Waals surface area contributed by atoms with Crippen LogP contribution in [0.1, 0.15) is 44.6 Å². The Balaban J connectivity index is 1.43. The first kappa shape index (κ1) is 33.4. The molecule has 0 spiro atoms. The third-order valence-electron chi connectivity index (χ3n) is 12.6. The average molecular weight is 746 g/mol. The topological polar surface area (TPSA) is 25.0 Å². The van der Waals surface area contributed by atoms with Gasteiger partial charge in [0, 0.05) is 16.4 Å². The lowest BCUT2D eigenvalue weighted by Gasteiger charge is -2.48. The zero-order valence-corrected chi connectivity index (χ0v) is 32.3. The van der Waals surface area contributed by atoms with Crippen LogP contribution in [-0.2, 0) is 10.8 Å². The molecule has 0 saturated carbocycles. The van der Waals surface area contributed by atoms with Crippen LogP contribution in [-0.4, -0.2) is 13.1 Å². The van der Waals surface area contributed by atoms with Gasteiger partial charge in [0.1, 0.15) is 5.75 Å². The summed E-state index contributed by atoms with van der Waals surface area (Å²) in [7, 11) is -3.15. The minimum absolute atomic E-state index is 0.733. The largest absolute Gasteiger partial charge is 0.455 e. The number of hydrogen-bond donors (Lipinski definition) is 1. The monoisotopic (exact) mass is 745 g/mol. The van der Waals surface area contributed by atoms with E-state index in [2.05, 4.69) is 236 Å². The van der Waals surface area contributed by atoms with E-state index in [1.54, 1.807) is 0 Å². The normalized spacial score (nSPS) is 15.2. The van der Waals surface area contributed by atoms with Gasteiger partial charge in [-0.1, -0.05) is 224 Å². The van der Waals surface area contributed by atoms with Crippen molar-refractivity contribution in [2.75, 3.05) is 0 Å². The van der Waals surface area contributed by atoms with Crippen molar-refractivity contribution in [2.45, 2.75) is 10.8 Å². The number of rotatable bonds is 6. The minimum Gasteiger partial charge on any atom is -0.455 e. The number of ether oxygens (including phenoxy) is 1. The molecule has 0 aliphatic carbocycles. The number of aromatic amines is 1. The molecular formula is C54H39NOSi. The highest BCUT2D eigenvalue weighted by atomic mass is 28.3. The molecule has 0 bridgehead atoms. The molecule has 11 rings (SSSR count). The van der Waals surface area contributed by atoms with Crippen LogP contribution in [0.3, 0.4) is 0 Å². The fraction of sp³-hybridized carbons (Fsp3) is 0.0370. The van der Waals surface area contributed by atoms with Gasteiger partial charge >= 0.3 is 0 Å². The molecule has 0 amide bonds. The molecule has 9 aromatic rings. The van der Waals surface area contributed by atoms with Gasteiger partial charge in [0.25, 0.3) is 0 Å². The SMILES string of the molecule is c1ccc(C2(c3ccccc3)c3ccccc3Oc3c2[nH]c2c3C(c3ccccc3)(c3ccccc3)c3ccccc3[Si]2(c2ccccc2)c2ccccc2)cc1. The van der Waals surface area contributed by atoms with E-state index in [9.17, 15) is 0 Å². The van der Waals surface area contributed by atoms with Crippen molar-refractivity contribution >= 4 is 29.0 Å². The van der Waals surface area contributed by atoms with Crippen molar-refractivity contribution in [3.63, 3.8) is 0 Å². The van der Waals surface area contributed by atoms with Crippen LogP contribution in [0.25, 0.3) is 0 Å². The fourth-order valence-electron chi connectivity index (χ4n) is 10.4. The summed E-state index contributed by atoms with van der Waals surface area (Å²) in [4.78, 5) is 4.44. The Morgan fingerprint density at radius 2 is 0.754 bits per heavy atom. The lowest BCUT2D eigenvalue weighted by atomic mass is 9.63. The second kappa shape index (κ2) is 13.1. The van der Waals surface area contributed by atoms with Crippen molar-refractivity contribution in [3.8, 4) is 11.5 Å². The van der Waals surface area contributed by atoms with Crippen molar-refractivity contribution in [3.05, 3.63) is 275 Å². The van der Waals surface area contributed by atoms with Gasteiger partial charge in [-0.05, 0) is 49.4 Å². The van der Waals surface area contributed by atoms with Gasteiger partial charge in [-0.15, -0.1) is 0 Å². The van der Waals surface area contributed by atoms with Crippen molar-refractivity contribution < 1.29 is 4.74 Å². The zero-order valence-electron chi connectivity index (χ0n) is 31.3. The van der Waals surface area contributed by atoms with Crippen molar-refractivity contribution in [1.82, 2.24) is 4.98 Å². The van der Waals surface area contributed by atoms with E-state index >= 15 is 0 Å². The first-order chi connectivity index (χ1) is 28.3. The number of para-hydroxylation sites is 1. The zero-order chi connectivity index (χ0) is 37.9. The van der Waals surface area contributed by atoms with E-state index < -0.39 is 18.9 Å². The molecule has 3 heterocycles. The van der Waals surface area contributed by atoms with Gasteiger partial charge in [-0.3, -0.25) is 0 Å². The van der Waals surface area contributed by atoms with E-state index in [0.29, 0.717) is 0 Å². The Hall–Kier alpha value is -6.94. The second-order valence-electron chi connectivity index (χ2n) is 15.2. The molecular weight excluding hydrogens is 707 g/mol. The predicted octanol–water partition coefficient (Wildman–Crippen LogP) is 9.58. The van der Waals surface area contributed by atoms with Gasteiger partial charge < -0.3 is 9.72 Å². The summed E-state index contributed by atoms with van der Waals surface area (Å²) in [5.74, 6) is 1.75. The maximum Gasteiger partial charge on any atom is 0.199 e. The molecule has 270 valence electrons. The highest BCUT2D eigenvalue weighted by Gasteiger charge is 2.61. The smallest absolute Gasteiger partial charge is 0.199 e. The summed E-state index contributed by atoms with van der Waals surface area (Å²) in [6.07, 6.45) is 0. The summed E-state index contributed by atoms with van der Waals surface area (Å²) < 4.78 is 7.58. The van der Waals surface area contributed by atoms with E-state index in [0.717, 1.165) is 22.8 Å². The number of hydrogen-bond acceptors (Lipinski definition) is 1. The Morgan fingerprint density at radius 1 is 0.368 bits per heavy atom. The van der Waals surface area contributed by atoms with Crippen LogP contribution in [0, 0.1) is 0 Å². The number of benzene rings is 8. The number of nitrogens with one attached hydrogen (secondary N) is 1. The molecule has 0 atom stereocenters. The maximum absolute atomic E-state index is 7.58. The first-order valence-corrected chi connectivity index (χ1v) is 21.8. The molecule has 1 N–H and O–H groups in total. The Morgan fingerprint density at radius 3 is 1.25 bits per heavy atom. The Kier molecular flexibility index (Phi) is 7.67. The van der Waals surface area contributed by atoms with E-state index in [1.807, 2.05) is 0 Å². The van der Waals surface area contributed by atoms with E-state index in [1.165, 1.54) is 54.3 Å². The molecule has 2 aliphatic heterocycles. The van der Waals surface area contributed by atoms with Crippen LogP contribution in [0.5, 0.6) is 11.5 Å². The van der Waals surface area contributed by atoms with Crippen molar-refractivity contribution in [2.24, 2.45) is 0 Å². The molecule has 2 aliphatic rings. The predicted molar refractivity (Wildman–Crippen MR) is 235 cm³/mol. The van der Waals surface area contributed by atoms with E-state index in [-0.39, 0.29) is 0 Å². The second-order valence-corrected chi connectivity index (χ2v) is 18.9. The molecule has 0 unspecified atom stereocenters. The number of fused-ring (bicyclic) bond motifs is 5. The lowest BCUT2D eigenvalue weighted by molar-refractivity contribution is 0.424. The number of H-pyrrole nitrogens is 1. The highest BCUT2D eigenvalue weighted by molar-refractivity contribution is 7.20. The molecule has 2 nitrogen and oxygen atoms in total. The summed E-state index contributed by atoms with van der Waals surface area (Å²) in [6, 6.07) is 84.8. The molecule has 0 radical (unpaired) electrons. The minimum atomic E-state index is -3.15. The Labute approximate surface area is 334 Å². The van der Waals surface area contributed by atoms with Gasteiger partial charge in [-0.2, -0.15) is 0 Å². The van der Waals surface area contributed by atoms with Crippen LogP contribution in [0.2, 0.25) is 0 Å². The summed E-state index contributed by atoms with van der Waals surface area (Å²) in [5, 5.41) is 5.24. The van der Waals surface area contributed by atoms with Crippen LogP contribution in [0.4, 0.5) is 0 Å². The van der Waals surface area contributed by atoms with E-state index in [4.69, 9.17) is 4.74 Å². The molecule has 0 fully saturated rings. The summed E-state index contributed by atoms with van der Waals surface area (Å²) in [5.41, 5.74) is 7.90. The molecule has 57 heavy (non-hydrogen) atoms. The van der Waals surface area contributed by atoms with Crippen LogP contribution < -0.4 is 25.6 Å². The number of aromatic nitrogens is 1. The standard InChI is InChI=1S/C54H39NOSi/c1-7-23-39(24-8-1)53(40-25-9-2-10-26-40)46-36-20-22-38-48(46)57(43-31-15-5-16-32-43,44-33-17-6-18-34-44)52-49(53)50-51(55-52)54(41-27-11-3-12-28-41,42-29-13-4-14-30-42)45-35-19-21-37-47(45)56-50/h1-38,55H. The molecule has 1 aromatic heterocycles. The van der Waals surface area contributed by atoms with Crippen LogP contribution in [0.15, 0.2) is 231 Å². The van der Waals surface area contributed by atoms with Crippen LogP contribution >= 0.6 is 0 Å². The first-order valence-electron chi connectivity index (χ1n) is 19.8. The lowest BCUT2D eigenvalue weighted by Crippen LogP contribution is -2.79. The quantitative estimate of drug-likeness (QED) is 0.169. The molecule has 3 heteroatoms. The van der Waals surface area contributed by atoms with Gasteiger partial charge in [-0.25, -0.2) is 0 Å². The molecule has 8 aromatic carbocycles. The third kappa shape index (κ3) is 4.52. The third-order valence-corrected chi connectivity index (χ3v) is 17.3. The van der Waals surface area contributed by atoms with Gasteiger partial charge in [0.05, 0.1) is 16.5 Å². The summed E-state index contributed by atoms with van der Waals surface area (Å²) >= 11 is 0. The average Bonchev–Trinajstić information content (AvgIpc) is 3.69. The molecule has 0 saturated heterocycles. The fourth-order valence-corrected chi connectivity index (χ4v) is 15.6. The highest BCUT2D eigenvalue weighted by Crippen LogP contribution is 2.60. The maximum atomic E-state index is 7.58. The van der Waals surface area contributed by atoms with Gasteiger partial charge in [0.15, 0.2) is 13.8 Å². The Bertz CT molecular complexity index is 2740. The van der Waals surface area contributed by atoms with Gasteiger partial charge in [0.2, 0.25) is 0 Å². The summed E-state index contributed by atoms with van der Waals surface area (Å²) in [6.45, 7) is 0.